The maximum Gasteiger partial charge on any atom is 0.319 e. The van der Waals surface area contributed by atoms with Crippen molar-refractivity contribution in [2.45, 2.75) is 37.9 Å². The topological polar surface area (TPSA) is 105 Å². The zero-order valence-corrected chi connectivity index (χ0v) is 17.6. The van der Waals surface area contributed by atoms with Crippen LogP contribution in [0.3, 0.4) is 0 Å². The van der Waals surface area contributed by atoms with Crippen LogP contribution in [0, 0.1) is 0 Å². The fourth-order valence-corrected chi connectivity index (χ4v) is 4.45. The molecule has 0 radical (unpaired) electrons. The fraction of sp³-hybridized carbons (Fsp3) is 0.238. The van der Waals surface area contributed by atoms with Gasteiger partial charge in [0.25, 0.3) is 0 Å². The lowest BCUT2D eigenvalue weighted by atomic mass is 10.2. The van der Waals surface area contributed by atoms with E-state index in [4.69, 9.17) is 4.42 Å². The van der Waals surface area contributed by atoms with Gasteiger partial charge in [-0.2, -0.15) is 4.31 Å². The molecular weight excluding hydrogens is 404 g/mol. The summed E-state index contributed by atoms with van der Waals surface area (Å²) in [6.07, 6.45) is 2.79. The largest absolute Gasteiger partial charge is 0.447 e. The van der Waals surface area contributed by atoms with Crippen molar-refractivity contribution < 1.29 is 17.6 Å². The molecule has 3 rings (SSSR count). The van der Waals surface area contributed by atoms with Gasteiger partial charge in [-0.3, -0.25) is 0 Å². The van der Waals surface area contributed by atoms with Gasteiger partial charge in [0, 0.05) is 18.3 Å². The number of anilines is 1. The smallest absolute Gasteiger partial charge is 0.319 e. The SMILES string of the molecule is CC(C)N(Cc1ccccc1)S(=O)(=O)c1ccc(NC(=O)NCc2cnco2)cc1. The molecule has 0 unspecified atom stereocenters. The molecule has 0 saturated heterocycles. The molecule has 0 fully saturated rings. The summed E-state index contributed by atoms with van der Waals surface area (Å²) in [6.45, 7) is 4.16. The van der Waals surface area contributed by atoms with Crippen molar-refractivity contribution in [3.8, 4) is 0 Å². The molecule has 8 nitrogen and oxygen atoms in total. The van der Waals surface area contributed by atoms with Crippen molar-refractivity contribution in [1.29, 1.82) is 0 Å². The Balaban J connectivity index is 1.67. The molecule has 30 heavy (non-hydrogen) atoms. The number of hydrogen-bond donors (Lipinski definition) is 2. The first-order valence-electron chi connectivity index (χ1n) is 9.44. The van der Waals surface area contributed by atoms with E-state index in [-0.39, 0.29) is 24.0 Å². The molecule has 0 aliphatic heterocycles. The summed E-state index contributed by atoms with van der Waals surface area (Å²) in [5.41, 5.74) is 1.39. The highest BCUT2D eigenvalue weighted by atomic mass is 32.2. The van der Waals surface area contributed by atoms with Crippen molar-refractivity contribution in [3.05, 3.63) is 78.5 Å². The first-order valence-corrected chi connectivity index (χ1v) is 10.9. The monoisotopic (exact) mass is 428 g/mol. The average Bonchev–Trinajstić information content (AvgIpc) is 3.25. The van der Waals surface area contributed by atoms with Gasteiger partial charge in [0.05, 0.1) is 17.6 Å². The van der Waals surface area contributed by atoms with Crippen LogP contribution >= 0.6 is 0 Å². The number of nitrogens with one attached hydrogen (secondary N) is 2. The summed E-state index contributed by atoms with van der Waals surface area (Å²) in [5.74, 6) is 0.527. The van der Waals surface area contributed by atoms with Gasteiger partial charge < -0.3 is 15.1 Å². The van der Waals surface area contributed by atoms with Gasteiger partial charge >= 0.3 is 6.03 Å². The lowest BCUT2D eigenvalue weighted by molar-refractivity contribution is 0.251. The molecule has 2 aromatic carbocycles. The number of sulfonamides is 1. The van der Waals surface area contributed by atoms with Crippen LogP contribution in [0.4, 0.5) is 10.5 Å². The van der Waals surface area contributed by atoms with Crippen LogP contribution in [0.1, 0.15) is 25.2 Å². The van der Waals surface area contributed by atoms with Gasteiger partial charge in [0.15, 0.2) is 6.39 Å². The van der Waals surface area contributed by atoms with Gasteiger partial charge in [0.2, 0.25) is 10.0 Å². The second-order valence-electron chi connectivity index (χ2n) is 6.93. The van der Waals surface area contributed by atoms with E-state index < -0.39 is 16.1 Å². The molecule has 0 aliphatic carbocycles. The first-order chi connectivity index (χ1) is 14.4. The zero-order chi connectivity index (χ0) is 21.6. The van der Waals surface area contributed by atoms with E-state index in [1.807, 2.05) is 44.2 Å². The fourth-order valence-electron chi connectivity index (χ4n) is 2.83. The highest BCUT2D eigenvalue weighted by Gasteiger charge is 2.27. The Hall–Kier alpha value is -3.17. The van der Waals surface area contributed by atoms with Gasteiger partial charge in [-0.1, -0.05) is 30.3 Å². The highest BCUT2D eigenvalue weighted by Crippen LogP contribution is 2.22. The second-order valence-corrected chi connectivity index (χ2v) is 8.82. The van der Waals surface area contributed by atoms with Crippen LogP contribution in [0.15, 0.2) is 76.5 Å². The van der Waals surface area contributed by atoms with Crippen molar-refractivity contribution in [2.75, 3.05) is 5.32 Å². The van der Waals surface area contributed by atoms with Crippen LogP contribution in [0.25, 0.3) is 0 Å². The third kappa shape index (κ3) is 5.46. The number of oxazole rings is 1. The van der Waals surface area contributed by atoms with Gasteiger partial charge in [0.1, 0.15) is 5.76 Å². The average molecular weight is 429 g/mol. The standard InChI is InChI=1S/C21H24N4O4S/c1-16(2)25(14-17-6-4-3-5-7-17)30(27,28)20-10-8-18(9-11-20)24-21(26)23-13-19-12-22-15-29-19/h3-12,15-16H,13-14H2,1-2H3,(H2,23,24,26). The number of carbonyl (C=O) groups is 1. The Morgan fingerprint density at radius 3 is 2.40 bits per heavy atom. The van der Waals surface area contributed by atoms with Crippen LogP contribution in [-0.2, 0) is 23.1 Å². The number of nitrogens with zero attached hydrogens (tertiary/aromatic N) is 2. The molecule has 0 bridgehead atoms. The Kier molecular flexibility index (Phi) is 6.86. The van der Waals surface area contributed by atoms with E-state index in [1.54, 1.807) is 12.1 Å². The summed E-state index contributed by atoms with van der Waals surface area (Å²) >= 11 is 0. The minimum absolute atomic E-state index is 0.166. The van der Waals surface area contributed by atoms with Gasteiger partial charge in [-0.15, -0.1) is 0 Å². The highest BCUT2D eigenvalue weighted by molar-refractivity contribution is 7.89. The maximum atomic E-state index is 13.2. The molecule has 9 heteroatoms. The zero-order valence-electron chi connectivity index (χ0n) is 16.8. The summed E-state index contributed by atoms with van der Waals surface area (Å²) < 4.78 is 32.8. The van der Waals surface area contributed by atoms with Gasteiger partial charge in [-0.05, 0) is 43.7 Å². The predicted octanol–water partition coefficient (Wildman–Crippen LogP) is 3.60. The molecule has 3 aromatic rings. The Bertz CT molecular complexity index is 1050. The number of aromatic nitrogens is 1. The quantitative estimate of drug-likeness (QED) is 0.570. The number of amides is 2. The van der Waals surface area contributed by atoms with Crippen LogP contribution in [0.5, 0.6) is 0 Å². The Morgan fingerprint density at radius 1 is 1.10 bits per heavy atom. The predicted molar refractivity (Wildman–Crippen MR) is 113 cm³/mol. The molecule has 1 aromatic heterocycles. The second kappa shape index (κ2) is 9.55. The molecule has 2 N–H and O–H groups in total. The lowest BCUT2D eigenvalue weighted by Gasteiger charge is -2.26. The summed E-state index contributed by atoms with van der Waals surface area (Å²) in [5, 5.41) is 5.28. The third-order valence-electron chi connectivity index (χ3n) is 4.38. The number of rotatable bonds is 8. The summed E-state index contributed by atoms with van der Waals surface area (Å²) in [7, 11) is -3.70. The van der Waals surface area contributed by atoms with Crippen LogP contribution in [0.2, 0.25) is 0 Å². The third-order valence-corrected chi connectivity index (χ3v) is 6.42. The molecule has 158 valence electrons. The molecule has 0 spiro atoms. The van der Waals surface area contributed by atoms with Crippen LogP contribution in [-0.4, -0.2) is 29.8 Å². The van der Waals surface area contributed by atoms with E-state index in [0.29, 0.717) is 11.4 Å². The lowest BCUT2D eigenvalue weighted by Crippen LogP contribution is -2.36. The van der Waals surface area contributed by atoms with E-state index in [2.05, 4.69) is 15.6 Å². The van der Waals surface area contributed by atoms with Crippen molar-refractivity contribution >= 4 is 21.7 Å². The minimum atomic E-state index is -3.70. The molecule has 0 saturated carbocycles. The summed E-state index contributed by atoms with van der Waals surface area (Å²) in [6, 6.07) is 14.9. The molecule has 0 aliphatic rings. The maximum absolute atomic E-state index is 13.2. The van der Waals surface area contributed by atoms with E-state index in [9.17, 15) is 13.2 Å². The number of hydrogen-bond acceptors (Lipinski definition) is 5. The summed E-state index contributed by atoms with van der Waals surface area (Å²) in [4.78, 5) is 15.9. The number of benzene rings is 2. The first kappa shape index (κ1) is 21.5. The molecular formula is C21H24N4O4S. The molecule has 0 atom stereocenters. The van der Waals surface area contributed by atoms with E-state index in [0.717, 1.165) is 5.56 Å². The van der Waals surface area contributed by atoms with Crippen molar-refractivity contribution in [1.82, 2.24) is 14.6 Å². The minimum Gasteiger partial charge on any atom is -0.447 e. The number of urea groups is 1. The molecule has 2 amide bonds. The van der Waals surface area contributed by atoms with E-state index in [1.165, 1.54) is 29.0 Å². The van der Waals surface area contributed by atoms with Gasteiger partial charge in [-0.25, -0.2) is 18.2 Å². The van der Waals surface area contributed by atoms with E-state index >= 15 is 0 Å². The Morgan fingerprint density at radius 2 is 1.80 bits per heavy atom. The van der Waals surface area contributed by atoms with Crippen LogP contribution < -0.4 is 10.6 Å². The Labute approximate surface area is 176 Å². The number of carbonyl (C=O) groups excluding carboxylic acids is 1. The van der Waals surface area contributed by atoms with Crippen molar-refractivity contribution in [3.63, 3.8) is 0 Å². The molecule has 1 heterocycles. The van der Waals surface area contributed by atoms with Crippen molar-refractivity contribution in [2.24, 2.45) is 0 Å². The normalized spacial score (nSPS) is 11.6.